The zero-order chi connectivity index (χ0) is 14.9. The Labute approximate surface area is 135 Å². The molecular formula is C17H22N4S. The molecule has 2 atom stereocenters. The van der Waals surface area contributed by atoms with Crippen LogP contribution in [0.3, 0.4) is 0 Å². The molecule has 0 unspecified atom stereocenters. The normalized spacial score (nSPS) is 25.7. The number of pyridine rings is 1. The van der Waals surface area contributed by atoms with E-state index in [1.165, 1.54) is 36.6 Å². The van der Waals surface area contributed by atoms with Crippen molar-refractivity contribution in [3.63, 3.8) is 0 Å². The third kappa shape index (κ3) is 2.81. The van der Waals surface area contributed by atoms with Crippen LogP contribution < -0.4 is 0 Å². The molecule has 2 aliphatic heterocycles. The molecular weight excluding hydrogens is 292 g/mol. The Morgan fingerprint density at radius 1 is 1.14 bits per heavy atom. The second-order valence-electron chi connectivity index (χ2n) is 6.35. The first-order valence-electron chi connectivity index (χ1n) is 8.08. The molecule has 22 heavy (non-hydrogen) atoms. The van der Waals surface area contributed by atoms with Gasteiger partial charge in [0.1, 0.15) is 5.01 Å². The fourth-order valence-electron chi connectivity index (χ4n) is 3.96. The summed E-state index contributed by atoms with van der Waals surface area (Å²) in [7, 11) is 0. The van der Waals surface area contributed by atoms with E-state index in [-0.39, 0.29) is 0 Å². The number of likely N-dealkylation sites (tertiary alicyclic amines) is 2. The molecule has 2 aromatic heterocycles. The van der Waals surface area contributed by atoms with Crippen LogP contribution in [-0.2, 0) is 13.1 Å². The second-order valence-corrected chi connectivity index (χ2v) is 7.33. The van der Waals surface area contributed by atoms with Gasteiger partial charge in [0, 0.05) is 49.0 Å². The third-order valence-electron chi connectivity index (χ3n) is 4.94. The highest BCUT2D eigenvalue weighted by molar-refractivity contribution is 7.09. The summed E-state index contributed by atoms with van der Waals surface area (Å²) in [5, 5.41) is 3.33. The summed E-state index contributed by atoms with van der Waals surface area (Å²) in [5.74, 6) is 0. The van der Waals surface area contributed by atoms with E-state index in [1.54, 1.807) is 11.3 Å². The molecule has 0 N–H and O–H groups in total. The maximum atomic E-state index is 4.67. The van der Waals surface area contributed by atoms with Crippen LogP contribution in [0.2, 0.25) is 0 Å². The van der Waals surface area contributed by atoms with Crippen LogP contribution in [0.1, 0.15) is 29.2 Å². The molecule has 4 nitrogen and oxygen atoms in total. The Morgan fingerprint density at radius 3 is 2.59 bits per heavy atom. The van der Waals surface area contributed by atoms with Crippen LogP contribution in [0.15, 0.2) is 29.8 Å². The second kappa shape index (κ2) is 6.07. The van der Waals surface area contributed by atoms with Crippen LogP contribution in [0.5, 0.6) is 0 Å². The van der Waals surface area contributed by atoms with Gasteiger partial charge in [-0.2, -0.15) is 0 Å². The highest BCUT2D eigenvalue weighted by Gasteiger charge is 2.42. The van der Waals surface area contributed by atoms with E-state index in [1.807, 2.05) is 6.20 Å². The minimum atomic E-state index is 0.697. The molecule has 4 rings (SSSR count). The van der Waals surface area contributed by atoms with Gasteiger partial charge in [0.15, 0.2) is 0 Å². The molecule has 2 aromatic rings. The minimum Gasteiger partial charge on any atom is -0.293 e. The summed E-state index contributed by atoms with van der Waals surface area (Å²) in [5.41, 5.74) is 2.32. The van der Waals surface area contributed by atoms with Crippen molar-refractivity contribution in [1.29, 1.82) is 0 Å². The Balaban J connectivity index is 1.42. The lowest BCUT2D eigenvalue weighted by molar-refractivity contribution is 0.211. The van der Waals surface area contributed by atoms with Crippen LogP contribution in [0.25, 0.3) is 0 Å². The van der Waals surface area contributed by atoms with E-state index in [0.717, 1.165) is 18.8 Å². The van der Waals surface area contributed by atoms with Gasteiger partial charge in [0.05, 0.1) is 12.2 Å². The number of hydrogen-bond donors (Lipinski definition) is 0. The topological polar surface area (TPSA) is 32.3 Å². The van der Waals surface area contributed by atoms with Crippen LogP contribution >= 0.6 is 11.3 Å². The van der Waals surface area contributed by atoms with Gasteiger partial charge in [0.25, 0.3) is 0 Å². The molecule has 2 fully saturated rings. The average molecular weight is 314 g/mol. The predicted octanol–water partition coefficient (Wildman–Crippen LogP) is 2.70. The molecule has 0 radical (unpaired) electrons. The van der Waals surface area contributed by atoms with Crippen molar-refractivity contribution in [2.24, 2.45) is 0 Å². The van der Waals surface area contributed by atoms with Crippen LogP contribution in [0.4, 0.5) is 0 Å². The van der Waals surface area contributed by atoms with Gasteiger partial charge < -0.3 is 0 Å². The lowest BCUT2D eigenvalue weighted by atomic mass is 10.1. The van der Waals surface area contributed by atoms with Gasteiger partial charge in [-0.05, 0) is 31.9 Å². The number of thiazole rings is 1. The fraction of sp³-hybridized carbons (Fsp3) is 0.529. The van der Waals surface area contributed by atoms with Gasteiger partial charge in [0.2, 0.25) is 0 Å². The maximum Gasteiger partial charge on any atom is 0.107 e. The first-order valence-corrected chi connectivity index (χ1v) is 8.96. The molecule has 0 amide bonds. The van der Waals surface area contributed by atoms with Crippen molar-refractivity contribution in [2.45, 2.75) is 44.9 Å². The Bertz CT molecular complexity index is 627. The van der Waals surface area contributed by atoms with E-state index in [9.17, 15) is 0 Å². The van der Waals surface area contributed by atoms with Crippen molar-refractivity contribution in [1.82, 2.24) is 19.8 Å². The first kappa shape index (κ1) is 14.3. The maximum absolute atomic E-state index is 4.67. The van der Waals surface area contributed by atoms with Crippen LogP contribution in [0, 0.1) is 6.92 Å². The van der Waals surface area contributed by atoms with Crippen molar-refractivity contribution in [3.05, 3.63) is 46.2 Å². The summed E-state index contributed by atoms with van der Waals surface area (Å²) in [6, 6.07) is 7.75. The van der Waals surface area contributed by atoms with Gasteiger partial charge >= 0.3 is 0 Å². The molecule has 2 aliphatic rings. The highest BCUT2D eigenvalue weighted by Crippen LogP contribution is 2.33. The molecule has 5 heteroatoms. The largest absolute Gasteiger partial charge is 0.293 e. The Kier molecular flexibility index (Phi) is 3.94. The van der Waals surface area contributed by atoms with Gasteiger partial charge in [-0.15, -0.1) is 11.3 Å². The van der Waals surface area contributed by atoms with E-state index >= 15 is 0 Å². The molecule has 4 heterocycles. The molecule has 116 valence electrons. The highest BCUT2D eigenvalue weighted by atomic mass is 32.1. The average Bonchev–Trinajstić information content (AvgIpc) is 3.20. The summed E-state index contributed by atoms with van der Waals surface area (Å²) in [6.07, 6.45) is 4.47. The molecule has 0 aromatic carbocycles. The van der Waals surface area contributed by atoms with E-state index in [2.05, 4.69) is 50.3 Å². The number of hydrogen-bond acceptors (Lipinski definition) is 5. The molecule has 0 saturated carbocycles. The standard InChI is InChI=1S/C17H22N4S/c1-13-3-2-4-14(19-13)11-20-8-5-16-15(20)6-9-21(16)12-17-18-7-10-22-17/h2-4,7,10,15-16H,5-6,8-9,11-12H2,1H3/t15-,16+/m0/s1. The number of nitrogens with zero attached hydrogens (tertiary/aromatic N) is 4. The van der Waals surface area contributed by atoms with E-state index < -0.39 is 0 Å². The van der Waals surface area contributed by atoms with Gasteiger partial charge in [-0.3, -0.25) is 14.8 Å². The number of fused-ring (bicyclic) bond motifs is 1. The Hall–Kier alpha value is -1.30. The van der Waals surface area contributed by atoms with Crippen molar-refractivity contribution in [2.75, 3.05) is 13.1 Å². The lowest BCUT2D eigenvalue weighted by Gasteiger charge is -2.25. The zero-order valence-electron chi connectivity index (χ0n) is 13.0. The summed E-state index contributed by atoms with van der Waals surface area (Å²) in [4.78, 5) is 14.4. The third-order valence-corrected chi connectivity index (χ3v) is 5.70. The Morgan fingerprint density at radius 2 is 1.91 bits per heavy atom. The molecule has 2 saturated heterocycles. The predicted molar refractivity (Wildman–Crippen MR) is 88.7 cm³/mol. The number of aromatic nitrogens is 2. The van der Waals surface area contributed by atoms with Crippen LogP contribution in [-0.4, -0.2) is 44.9 Å². The smallest absolute Gasteiger partial charge is 0.107 e. The van der Waals surface area contributed by atoms with E-state index in [4.69, 9.17) is 0 Å². The summed E-state index contributed by atoms with van der Waals surface area (Å²) in [6.45, 7) is 6.48. The minimum absolute atomic E-state index is 0.697. The monoisotopic (exact) mass is 314 g/mol. The fourth-order valence-corrected chi connectivity index (χ4v) is 4.60. The van der Waals surface area contributed by atoms with Crippen molar-refractivity contribution in [3.8, 4) is 0 Å². The molecule has 0 aliphatic carbocycles. The first-order chi connectivity index (χ1) is 10.8. The van der Waals surface area contributed by atoms with Crippen molar-refractivity contribution >= 4 is 11.3 Å². The summed E-state index contributed by atoms with van der Waals surface area (Å²) < 4.78 is 0. The van der Waals surface area contributed by atoms with Crippen molar-refractivity contribution < 1.29 is 0 Å². The van der Waals surface area contributed by atoms with Gasteiger partial charge in [-0.1, -0.05) is 6.07 Å². The SMILES string of the molecule is Cc1cccc(CN2CC[C@@H]3[C@@H]2CCN3Cc2nccs2)n1. The summed E-state index contributed by atoms with van der Waals surface area (Å²) >= 11 is 1.77. The molecule has 0 bridgehead atoms. The lowest BCUT2D eigenvalue weighted by Crippen LogP contribution is -2.36. The quantitative estimate of drug-likeness (QED) is 0.868. The van der Waals surface area contributed by atoms with Gasteiger partial charge in [-0.25, -0.2) is 4.98 Å². The van der Waals surface area contributed by atoms with E-state index in [0.29, 0.717) is 12.1 Å². The molecule has 0 spiro atoms. The number of aryl methyl sites for hydroxylation is 1. The zero-order valence-corrected chi connectivity index (χ0v) is 13.8. The number of rotatable bonds is 4.